The van der Waals surface area contributed by atoms with E-state index >= 15 is 0 Å². The Morgan fingerprint density at radius 2 is 1.83 bits per heavy atom. The number of para-hydroxylation sites is 1. The van der Waals surface area contributed by atoms with Crippen LogP contribution < -0.4 is 14.9 Å². The molecular formula is C23H21ClN2O3. The predicted molar refractivity (Wildman–Crippen MR) is 115 cm³/mol. The molecule has 6 heteroatoms. The Morgan fingerprint density at radius 1 is 1.03 bits per heavy atom. The molecule has 1 N–H and O–H groups in total. The van der Waals surface area contributed by atoms with Crippen molar-refractivity contribution < 1.29 is 14.3 Å². The molecule has 3 rings (SSSR count). The zero-order valence-electron chi connectivity index (χ0n) is 16.0. The van der Waals surface area contributed by atoms with Crippen molar-refractivity contribution in [1.29, 1.82) is 0 Å². The highest BCUT2D eigenvalue weighted by atomic mass is 35.5. The van der Waals surface area contributed by atoms with E-state index in [4.69, 9.17) is 21.1 Å². The van der Waals surface area contributed by atoms with Gasteiger partial charge in [0, 0.05) is 5.02 Å². The first-order valence-electron chi connectivity index (χ1n) is 9.08. The number of rotatable bonds is 8. The van der Waals surface area contributed by atoms with E-state index in [9.17, 15) is 4.79 Å². The van der Waals surface area contributed by atoms with E-state index < -0.39 is 0 Å². The number of carbonyl (C=O) groups is 1. The molecule has 0 fully saturated rings. The molecule has 0 radical (unpaired) electrons. The van der Waals surface area contributed by atoms with Gasteiger partial charge in [-0.1, -0.05) is 41.9 Å². The highest BCUT2D eigenvalue weighted by Crippen LogP contribution is 2.16. The summed E-state index contributed by atoms with van der Waals surface area (Å²) in [5.74, 6) is 1.09. The van der Waals surface area contributed by atoms with Crippen molar-refractivity contribution in [2.75, 3.05) is 6.61 Å². The number of hydrogen-bond donors (Lipinski definition) is 1. The summed E-state index contributed by atoms with van der Waals surface area (Å²) in [7, 11) is 0. The number of aryl methyl sites for hydroxylation is 1. The topological polar surface area (TPSA) is 59.9 Å². The minimum atomic E-state index is -0.328. The lowest BCUT2D eigenvalue weighted by atomic mass is 10.2. The van der Waals surface area contributed by atoms with E-state index in [-0.39, 0.29) is 12.5 Å². The number of benzene rings is 3. The fraction of sp³-hybridized carbons (Fsp3) is 0.130. The first-order valence-corrected chi connectivity index (χ1v) is 9.45. The van der Waals surface area contributed by atoms with Gasteiger partial charge in [0.15, 0.2) is 6.61 Å². The fourth-order valence-electron chi connectivity index (χ4n) is 2.52. The van der Waals surface area contributed by atoms with Crippen LogP contribution >= 0.6 is 11.6 Å². The molecule has 3 aromatic carbocycles. The van der Waals surface area contributed by atoms with Gasteiger partial charge < -0.3 is 9.47 Å². The van der Waals surface area contributed by atoms with Gasteiger partial charge in [-0.15, -0.1) is 0 Å². The van der Waals surface area contributed by atoms with Crippen LogP contribution in [0.15, 0.2) is 77.9 Å². The summed E-state index contributed by atoms with van der Waals surface area (Å²) < 4.78 is 11.2. The van der Waals surface area contributed by atoms with Crippen LogP contribution in [0.25, 0.3) is 0 Å². The molecule has 1 amide bonds. The molecule has 0 aliphatic heterocycles. The average Bonchev–Trinajstić information content (AvgIpc) is 2.73. The van der Waals surface area contributed by atoms with E-state index in [1.54, 1.807) is 6.21 Å². The molecule has 3 aromatic rings. The molecule has 0 unspecified atom stereocenters. The van der Waals surface area contributed by atoms with E-state index in [2.05, 4.69) is 10.5 Å². The van der Waals surface area contributed by atoms with E-state index in [0.29, 0.717) is 17.4 Å². The SMILES string of the molecule is Cc1ccccc1OCC(=O)N/N=C\c1ccc(OCc2cccc(Cl)c2)cc1. The fourth-order valence-corrected chi connectivity index (χ4v) is 2.73. The molecule has 0 saturated heterocycles. The lowest BCUT2D eigenvalue weighted by molar-refractivity contribution is -0.123. The number of amides is 1. The van der Waals surface area contributed by atoms with Crippen LogP contribution in [0.3, 0.4) is 0 Å². The number of carbonyl (C=O) groups excluding carboxylic acids is 1. The molecule has 0 aliphatic carbocycles. The molecule has 0 heterocycles. The third kappa shape index (κ3) is 6.66. The summed E-state index contributed by atoms with van der Waals surface area (Å²) in [6.07, 6.45) is 1.56. The van der Waals surface area contributed by atoms with Crippen molar-refractivity contribution in [3.05, 3.63) is 94.5 Å². The summed E-state index contributed by atoms with van der Waals surface area (Å²) in [6, 6.07) is 22.5. The van der Waals surface area contributed by atoms with Gasteiger partial charge in [0.2, 0.25) is 0 Å². The van der Waals surface area contributed by atoms with Crippen molar-refractivity contribution in [1.82, 2.24) is 5.43 Å². The number of nitrogens with one attached hydrogen (secondary N) is 1. The van der Waals surface area contributed by atoms with Gasteiger partial charge in [-0.2, -0.15) is 5.10 Å². The minimum Gasteiger partial charge on any atom is -0.489 e. The Kier molecular flexibility index (Phi) is 7.25. The molecule has 0 aliphatic rings. The molecule has 0 aromatic heterocycles. The van der Waals surface area contributed by atoms with E-state index in [1.165, 1.54) is 0 Å². The van der Waals surface area contributed by atoms with E-state index in [1.807, 2.05) is 79.7 Å². The smallest absolute Gasteiger partial charge is 0.277 e. The standard InChI is InChI=1S/C23H21ClN2O3/c1-17-5-2-3-8-22(17)29-16-23(27)26-25-14-18-9-11-21(12-10-18)28-15-19-6-4-7-20(24)13-19/h2-14H,15-16H2,1H3,(H,26,27)/b25-14-. The number of halogens is 1. The van der Waals surface area contributed by atoms with Gasteiger partial charge in [0.25, 0.3) is 5.91 Å². The van der Waals surface area contributed by atoms with Crippen molar-refractivity contribution >= 4 is 23.7 Å². The number of hydrogen-bond acceptors (Lipinski definition) is 4. The van der Waals surface area contributed by atoms with Gasteiger partial charge in [-0.25, -0.2) is 5.43 Å². The third-order valence-electron chi connectivity index (χ3n) is 4.03. The van der Waals surface area contributed by atoms with Crippen LogP contribution in [0, 0.1) is 6.92 Å². The monoisotopic (exact) mass is 408 g/mol. The minimum absolute atomic E-state index is 0.0987. The Hall–Kier alpha value is -3.31. The van der Waals surface area contributed by atoms with Crippen molar-refractivity contribution in [3.8, 4) is 11.5 Å². The number of nitrogens with zero attached hydrogens (tertiary/aromatic N) is 1. The maximum absolute atomic E-state index is 11.8. The Labute approximate surface area is 174 Å². The maximum Gasteiger partial charge on any atom is 0.277 e. The molecule has 0 atom stereocenters. The highest BCUT2D eigenvalue weighted by Gasteiger charge is 2.03. The van der Waals surface area contributed by atoms with Gasteiger partial charge >= 0.3 is 0 Å². The maximum atomic E-state index is 11.8. The van der Waals surface area contributed by atoms with Gasteiger partial charge in [0.05, 0.1) is 6.21 Å². The predicted octanol–water partition coefficient (Wildman–Crippen LogP) is 4.76. The normalized spacial score (nSPS) is 10.7. The first kappa shape index (κ1) is 20.4. The summed E-state index contributed by atoms with van der Waals surface area (Å²) in [6.45, 7) is 2.26. The van der Waals surface area contributed by atoms with Crippen molar-refractivity contribution in [2.45, 2.75) is 13.5 Å². The molecule has 0 bridgehead atoms. The molecule has 148 valence electrons. The Balaban J connectivity index is 1.43. The first-order chi connectivity index (χ1) is 14.1. The average molecular weight is 409 g/mol. The van der Waals surface area contributed by atoms with Crippen LogP contribution in [-0.4, -0.2) is 18.7 Å². The number of hydrazone groups is 1. The zero-order chi connectivity index (χ0) is 20.5. The molecule has 0 saturated carbocycles. The molecular weight excluding hydrogens is 388 g/mol. The lowest BCUT2D eigenvalue weighted by Gasteiger charge is -2.07. The van der Waals surface area contributed by atoms with Crippen molar-refractivity contribution in [2.24, 2.45) is 5.10 Å². The van der Waals surface area contributed by atoms with Crippen LogP contribution in [0.2, 0.25) is 5.02 Å². The Bertz CT molecular complexity index is 987. The Morgan fingerprint density at radius 3 is 2.59 bits per heavy atom. The summed E-state index contributed by atoms with van der Waals surface area (Å²) in [5.41, 5.74) is 5.26. The second kappa shape index (κ2) is 10.3. The molecule has 0 spiro atoms. The highest BCUT2D eigenvalue weighted by molar-refractivity contribution is 6.30. The second-order valence-electron chi connectivity index (χ2n) is 6.33. The number of ether oxygens (including phenoxy) is 2. The molecule has 29 heavy (non-hydrogen) atoms. The van der Waals surface area contributed by atoms with Crippen LogP contribution in [0.4, 0.5) is 0 Å². The van der Waals surface area contributed by atoms with Gasteiger partial charge in [-0.3, -0.25) is 4.79 Å². The van der Waals surface area contributed by atoms with Crippen LogP contribution in [-0.2, 0) is 11.4 Å². The van der Waals surface area contributed by atoms with E-state index in [0.717, 1.165) is 22.4 Å². The molecule has 5 nitrogen and oxygen atoms in total. The summed E-state index contributed by atoms with van der Waals surface area (Å²) in [4.78, 5) is 11.8. The second-order valence-corrected chi connectivity index (χ2v) is 6.77. The lowest BCUT2D eigenvalue weighted by Crippen LogP contribution is -2.24. The summed E-state index contributed by atoms with van der Waals surface area (Å²) >= 11 is 5.97. The van der Waals surface area contributed by atoms with Crippen LogP contribution in [0.5, 0.6) is 11.5 Å². The third-order valence-corrected chi connectivity index (χ3v) is 4.26. The zero-order valence-corrected chi connectivity index (χ0v) is 16.7. The summed E-state index contributed by atoms with van der Waals surface area (Å²) in [5, 5.41) is 4.63. The quantitative estimate of drug-likeness (QED) is 0.432. The van der Waals surface area contributed by atoms with Crippen LogP contribution in [0.1, 0.15) is 16.7 Å². The van der Waals surface area contributed by atoms with Gasteiger partial charge in [-0.05, 0) is 66.1 Å². The largest absolute Gasteiger partial charge is 0.489 e. The van der Waals surface area contributed by atoms with Gasteiger partial charge in [0.1, 0.15) is 18.1 Å². The van der Waals surface area contributed by atoms with Crippen molar-refractivity contribution in [3.63, 3.8) is 0 Å².